The molecular formula is C26H47N3. The maximum Gasteiger partial charge on any atom is 0.0366 e. The summed E-state index contributed by atoms with van der Waals surface area (Å²) in [6.45, 7) is 17.3. The van der Waals surface area contributed by atoms with Crippen LogP contribution in [0.1, 0.15) is 72.6 Å². The van der Waals surface area contributed by atoms with E-state index in [-0.39, 0.29) is 0 Å². The van der Waals surface area contributed by atoms with Gasteiger partial charge in [0.15, 0.2) is 0 Å². The summed E-state index contributed by atoms with van der Waals surface area (Å²) in [6, 6.07) is 11.0. The van der Waals surface area contributed by atoms with Gasteiger partial charge in [0, 0.05) is 25.3 Å². The van der Waals surface area contributed by atoms with Crippen molar-refractivity contribution in [2.24, 2.45) is 11.3 Å². The number of benzene rings is 1. The summed E-state index contributed by atoms with van der Waals surface area (Å²) in [6.07, 6.45) is 9.66. The number of hydrogen-bond donors (Lipinski definition) is 1. The van der Waals surface area contributed by atoms with Crippen molar-refractivity contribution in [1.29, 1.82) is 0 Å². The number of piperidine rings is 3. The van der Waals surface area contributed by atoms with Crippen LogP contribution in [0.4, 0.5) is 5.69 Å². The van der Waals surface area contributed by atoms with Crippen LogP contribution in [0.5, 0.6) is 0 Å². The van der Waals surface area contributed by atoms with E-state index in [1.807, 2.05) is 13.8 Å². The van der Waals surface area contributed by atoms with Crippen molar-refractivity contribution in [2.75, 3.05) is 50.7 Å². The van der Waals surface area contributed by atoms with Crippen LogP contribution in [-0.2, 0) is 0 Å². The largest absolute Gasteiger partial charge is 0.371 e. The van der Waals surface area contributed by atoms with Crippen molar-refractivity contribution in [2.45, 2.75) is 72.6 Å². The molecule has 29 heavy (non-hydrogen) atoms. The van der Waals surface area contributed by atoms with Crippen LogP contribution in [0.25, 0.3) is 0 Å². The molecule has 1 spiro atoms. The summed E-state index contributed by atoms with van der Waals surface area (Å²) in [4.78, 5) is 5.36. The number of para-hydroxylation sites is 1. The lowest BCUT2D eigenvalue weighted by atomic mass is 9.71. The van der Waals surface area contributed by atoms with Crippen LogP contribution in [-0.4, -0.2) is 50.7 Å². The van der Waals surface area contributed by atoms with Crippen LogP contribution < -0.4 is 10.2 Å². The van der Waals surface area contributed by atoms with Crippen LogP contribution in [0.2, 0.25) is 0 Å². The first-order valence-electron chi connectivity index (χ1n) is 12.5. The second kappa shape index (κ2) is 13.3. The molecule has 0 aromatic heterocycles. The Morgan fingerprint density at radius 1 is 0.862 bits per heavy atom. The molecule has 0 unspecified atom stereocenters. The van der Waals surface area contributed by atoms with E-state index < -0.39 is 0 Å². The fourth-order valence-electron chi connectivity index (χ4n) is 5.02. The summed E-state index contributed by atoms with van der Waals surface area (Å²) in [5.41, 5.74) is 2.06. The number of nitrogens with zero attached hydrogens (tertiary/aromatic N) is 2. The molecule has 0 bridgehead atoms. The molecule has 1 N–H and O–H groups in total. The molecule has 0 atom stereocenters. The van der Waals surface area contributed by atoms with E-state index in [0.29, 0.717) is 5.41 Å². The Morgan fingerprint density at radius 2 is 1.38 bits per heavy atom. The van der Waals surface area contributed by atoms with Gasteiger partial charge in [-0.3, -0.25) is 0 Å². The van der Waals surface area contributed by atoms with Gasteiger partial charge in [-0.2, -0.15) is 0 Å². The molecular weight excluding hydrogens is 354 g/mol. The summed E-state index contributed by atoms with van der Waals surface area (Å²) >= 11 is 0. The third-order valence-electron chi connectivity index (χ3n) is 6.84. The number of rotatable bonds is 3. The third-order valence-corrected chi connectivity index (χ3v) is 6.84. The van der Waals surface area contributed by atoms with Gasteiger partial charge < -0.3 is 15.1 Å². The number of nitrogens with one attached hydrogen (secondary N) is 1. The second-order valence-electron chi connectivity index (χ2n) is 9.02. The molecule has 3 heterocycles. The van der Waals surface area contributed by atoms with Gasteiger partial charge in [0.05, 0.1) is 0 Å². The molecule has 1 aromatic rings. The van der Waals surface area contributed by atoms with Crippen molar-refractivity contribution in [1.82, 2.24) is 10.2 Å². The van der Waals surface area contributed by atoms with Crippen LogP contribution in [0, 0.1) is 11.3 Å². The topological polar surface area (TPSA) is 18.5 Å². The molecule has 0 radical (unpaired) electrons. The van der Waals surface area contributed by atoms with Crippen molar-refractivity contribution in [3.8, 4) is 0 Å². The first kappa shape index (κ1) is 24.2. The lowest BCUT2D eigenvalue weighted by Crippen LogP contribution is -2.48. The molecule has 166 valence electrons. The minimum absolute atomic E-state index is 0.649. The fourth-order valence-corrected chi connectivity index (χ4v) is 5.02. The van der Waals surface area contributed by atoms with Crippen molar-refractivity contribution < 1.29 is 0 Å². The summed E-state index contributed by atoms with van der Waals surface area (Å²) in [5, 5.41) is 3.49. The highest BCUT2D eigenvalue weighted by atomic mass is 15.2. The van der Waals surface area contributed by atoms with E-state index >= 15 is 0 Å². The monoisotopic (exact) mass is 401 g/mol. The maximum atomic E-state index is 3.49. The lowest BCUT2D eigenvalue weighted by molar-refractivity contribution is 0.0671. The normalized spacial score (nSPS) is 22.3. The zero-order valence-electron chi connectivity index (χ0n) is 19.8. The Morgan fingerprint density at radius 3 is 1.93 bits per heavy atom. The van der Waals surface area contributed by atoms with Crippen molar-refractivity contribution >= 4 is 5.69 Å². The van der Waals surface area contributed by atoms with Gasteiger partial charge >= 0.3 is 0 Å². The highest BCUT2D eigenvalue weighted by Gasteiger charge is 2.37. The lowest BCUT2D eigenvalue weighted by Gasteiger charge is -2.48. The van der Waals surface area contributed by atoms with E-state index in [1.165, 1.54) is 96.4 Å². The summed E-state index contributed by atoms with van der Waals surface area (Å²) in [5.74, 6) is 0.945. The Bertz CT molecular complexity index is 506. The molecule has 0 amide bonds. The molecule has 3 nitrogen and oxygen atoms in total. The van der Waals surface area contributed by atoms with E-state index in [9.17, 15) is 0 Å². The average Bonchev–Trinajstić information content (AvgIpc) is 2.79. The van der Waals surface area contributed by atoms with Crippen LogP contribution in [0.3, 0.4) is 0 Å². The van der Waals surface area contributed by atoms with Crippen LogP contribution in [0.15, 0.2) is 30.3 Å². The van der Waals surface area contributed by atoms with E-state index in [1.54, 1.807) is 0 Å². The molecule has 4 rings (SSSR count). The smallest absolute Gasteiger partial charge is 0.0366 e. The van der Waals surface area contributed by atoms with Crippen molar-refractivity contribution in [3.05, 3.63) is 30.3 Å². The van der Waals surface area contributed by atoms with Gasteiger partial charge in [0.25, 0.3) is 0 Å². The SMILES string of the molecule is CC.CCC.c1ccc(N2CCC3(CCN(CC4CCNCC4)CC3)CC2)cc1. The van der Waals surface area contributed by atoms with Gasteiger partial charge in [-0.1, -0.05) is 52.3 Å². The Kier molecular flexibility index (Phi) is 11.1. The molecule has 1 aromatic carbocycles. The summed E-state index contributed by atoms with van der Waals surface area (Å²) < 4.78 is 0. The Labute approximate surface area is 181 Å². The molecule has 0 saturated carbocycles. The third kappa shape index (κ3) is 7.61. The fraction of sp³-hybridized carbons (Fsp3) is 0.769. The van der Waals surface area contributed by atoms with Gasteiger partial charge in [0.2, 0.25) is 0 Å². The average molecular weight is 402 g/mol. The zero-order chi connectivity index (χ0) is 21.0. The van der Waals surface area contributed by atoms with Gasteiger partial charge in [0.1, 0.15) is 0 Å². The van der Waals surface area contributed by atoms with Gasteiger partial charge in [-0.15, -0.1) is 0 Å². The predicted molar refractivity (Wildman–Crippen MR) is 129 cm³/mol. The van der Waals surface area contributed by atoms with Crippen molar-refractivity contribution in [3.63, 3.8) is 0 Å². The van der Waals surface area contributed by atoms with Gasteiger partial charge in [-0.05, 0) is 88.2 Å². The minimum atomic E-state index is 0.649. The quantitative estimate of drug-likeness (QED) is 0.689. The molecule has 3 fully saturated rings. The predicted octanol–water partition coefficient (Wildman–Crippen LogP) is 5.81. The van der Waals surface area contributed by atoms with E-state index in [0.717, 1.165) is 5.92 Å². The molecule has 0 aliphatic carbocycles. The molecule has 3 saturated heterocycles. The highest BCUT2D eigenvalue weighted by molar-refractivity contribution is 5.46. The number of hydrogen-bond acceptors (Lipinski definition) is 3. The Hall–Kier alpha value is -1.06. The second-order valence-corrected chi connectivity index (χ2v) is 9.02. The van der Waals surface area contributed by atoms with Gasteiger partial charge in [-0.25, -0.2) is 0 Å². The molecule has 3 aliphatic heterocycles. The molecule has 3 aliphatic rings. The molecule has 3 heteroatoms. The highest BCUT2D eigenvalue weighted by Crippen LogP contribution is 2.42. The van der Waals surface area contributed by atoms with Crippen LogP contribution >= 0.6 is 0 Å². The standard InChI is InChI=1S/C21H33N3.C3H8.C2H6/c1-2-4-20(5-3-1)24-16-10-21(11-17-24)8-14-23(15-9-21)18-19-6-12-22-13-7-19;1-3-2;1-2/h1-5,19,22H,6-18H2;3H2,1-2H3;1-2H3. The first-order chi connectivity index (χ1) is 14.2. The minimum Gasteiger partial charge on any atom is -0.371 e. The van der Waals surface area contributed by atoms with E-state index in [2.05, 4.69) is 59.3 Å². The maximum absolute atomic E-state index is 3.49. The number of anilines is 1. The first-order valence-corrected chi connectivity index (χ1v) is 12.5. The Balaban J connectivity index is 0.000000551. The number of likely N-dealkylation sites (tertiary alicyclic amines) is 1. The summed E-state index contributed by atoms with van der Waals surface area (Å²) in [7, 11) is 0. The zero-order valence-corrected chi connectivity index (χ0v) is 19.8. The van der Waals surface area contributed by atoms with E-state index in [4.69, 9.17) is 0 Å².